The van der Waals surface area contributed by atoms with Gasteiger partial charge in [-0.1, -0.05) is 24.3 Å². The van der Waals surface area contributed by atoms with Gasteiger partial charge in [0.2, 0.25) is 5.91 Å². The number of benzene rings is 2. The molecule has 0 fully saturated rings. The molecule has 120 valence electrons. The molecule has 0 radical (unpaired) electrons. The highest BCUT2D eigenvalue weighted by Gasteiger charge is 2.15. The summed E-state index contributed by atoms with van der Waals surface area (Å²) in [6, 6.07) is 11.4. The average molecular weight is 334 g/mol. The Labute approximate surface area is 133 Å². The highest BCUT2D eigenvalue weighted by Crippen LogP contribution is 2.19. The molecule has 0 saturated heterocycles. The number of sulfonamides is 1. The van der Waals surface area contributed by atoms with Crippen molar-refractivity contribution in [1.29, 1.82) is 0 Å². The second-order valence-corrected chi connectivity index (χ2v) is 6.28. The van der Waals surface area contributed by atoms with Gasteiger partial charge in [0.15, 0.2) is 0 Å². The van der Waals surface area contributed by atoms with Gasteiger partial charge < -0.3 is 5.32 Å². The quantitative estimate of drug-likeness (QED) is 0.825. The number of hydrogen-bond acceptors (Lipinski definition) is 3. The van der Waals surface area contributed by atoms with Crippen LogP contribution >= 0.6 is 0 Å². The number of carbonyl (C=O) groups excluding carboxylic acids is 1. The number of hydrogen-bond donors (Lipinski definition) is 2. The van der Waals surface area contributed by atoms with Crippen molar-refractivity contribution in [2.75, 3.05) is 11.8 Å². The van der Waals surface area contributed by atoms with Crippen LogP contribution in [0, 0.1) is 5.82 Å². The van der Waals surface area contributed by atoms with Crippen molar-refractivity contribution in [3.8, 4) is 0 Å². The molecule has 0 saturated carbocycles. The van der Waals surface area contributed by atoms with Gasteiger partial charge >= 0.3 is 0 Å². The summed E-state index contributed by atoms with van der Waals surface area (Å²) in [5.74, 6) is -0.913. The molecule has 0 unspecified atom stereocenters. The molecule has 0 spiro atoms. The Kier molecular flexibility index (Phi) is 5.13. The van der Waals surface area contributed by atoms with Crippen molar-refractivity contribution in [2.45, 2.75) is 4.90 Å². The predicted octanol–water partition coefficient (Wildman–Crippen LogP) is 2.39. The molecule has 0 heterocycles. The molecule has 0 aliphatic heterocycles. The summed E-state index contributed by atoms with van der Waals surface area (Å²) in [5.41, 5.74) is 0.550. The zero-order valence-electron chi connectivity index (χ0n) is 12.3. The highest BCUT2D eigenvalue weighted by atomic mass is 32.2. The topological polar surface area (TPSA) is 75.3 Å². The first-order valence-corrected chi connectivity index (χ1v) is 8.18. The van der Waals surface area contributed by atoms with E-state index in [1.54, 1.807) is 18.2 Å². The Balaban J connectivity index is 2.19. The first-order chi connectivity index (χ1) is 10.9. The molecule has 0 bridgehead atoms. The smallest absolute Gasteiger partial charge is 0.261 e. The predicted molar refractivity (Wildman–Crippen MR) is 86.8 cm³/mol. The van der Waals surface area contributed by atoms with E-state index in [1.807, 2.05) is 0 Å². The van der Waals surface area contributed by atoms with Gasteiger partial charge in [-0.3, -0.25) is 9.52 Å². The summed E-state index contributed by atoms with van der Waals surface area (Å²) in [6.07, 6.45) is 2.89. The van der Waals surface area contributed by atoms with Gasteiger partial charge in [0, 0.05) is 13.1 Å². The molecule has 2 N–H and O–H groups in total. The average Bonchev–Trinajstić information content (AvgIpc) is 2.55. The zero-order chi connectivity index (χ0) is 16.9. The van der Waals surface area contributed by atoms with Crippen LogP contribution in [0.25, 0.3) is 6.08 Å². The van der Waals surface area contributed by atoms with E-state index in [-0.39, 0.29) is 16.5 Å². The van der Waals surface area contributed by atoms with Crippen molar-refractivity contribution in [3.63, 3.8) is 0 Å². The van der Waals surface area contributed by atoms with Crippen molar-refractivity contribution in [3.05, 3.63) is 66.0 Å². The third-order valence-electron chi connectivity index (χ3n) is 2.98. The molecule has 2 rings (SSSR count). The SMILES string of the molecule is CNC(=O)/C=C/c1ccc(S(=O)(=O)Nc2ccccc2F)cc1. The number of para-hydroxylation sites is 1. The molecule has 5 nitrogen and oxygen atoms in total. The largest absolute Gasteiger partial charge is 0.356 e. The van der Waals surface area contributed by atoms with Crippen LogP contribution in [0.2, 0.25) is 0 Å². The Morgan fingerprint density at radius 2 is 1.74 bits per heavy atom. The van der Waals surface area contributed by atoms with Crippen LogP contribution in [0.5, 0.6) is 0 Å². The molecule has 7 heteroatoms. The van der Waals surface area contributed by atoms with E-state index >= 15 is 0 Å². The molecule has 0 aliphatic rings. The van der Waals surface area contributed by atoms with E-state index in [0.29, 0.717) is 5.56 Å². The summed E-state index contributed by atoms with van der Waals surface area (Å²) >= 11 is 0. The summed E-state index contributed by atoms with van der Waals surface area (Å²) in [7, 11) is -2.37. The van der Waals surface area contributed by atoms with Crippen LogP contribution in [0.1, 0.15) is 5.56 Å². The number of nitrogens with one attached hydrogen (secondary N) is 2. The fraction of sp³-hybridized carbons (Fsp3) is 0.0625. The van der Waals surface area contributed by atoms with E-state index < -0.39 is 15.8 Å². The number of amides is 1. The van der Waals surface area contributed by atoms with Gasteiger partial charge in [0.25, 0.3) is 10.0 Å². The van der Waals surface area contributed by atoms with Crippen LogP contribution in [-0.2, 0) is 14.8 Å². The van der Waals surface area contributed by atoms with E-state index in [0.717, 1.165) is 0 Å². The molecule has 0 atom stereocenters. The third-order valence-corrected chi connectivity index (χ3v) is 4.36. The van der Waals surface area contributed by atoms with Gasteiger partial charge in [-0.25, -0.2) is 12.8 Å². The van der Waals surface area contributed by atoms with E-state index in [4.69, 9.17) is 0 Å². The lowest BCUT2D eigenvalue weighted by Gasteiger charge is -2.09. The zero-order valence-corrected chi connectivity index (χ0v) is 13.1. The molecule has 2 aromatic carbocycles. The van der Waals surface area contributed by atoms with Gasteiger partial charge in [-0.15, -0.1) is 0 Å². The molecular formula is C16H15FN2O3S. The van der Waals surface area contributed by atoms with Gasteiger partial charge in [0.1, 0.15) is 5.82 Å². The fourth-order valence-corrected chi connectivity index (χ4v) is 2.83. The Morgan fingerprint density at radius 3 is 2.35 bits per heavy atom. The van der Waals surface area contributed by atoms with Crippen molar-refractivity contribution < 1.29 is 17.6 Å². The third kappa shape index (κ3) is 4.40. The number of likely N-dealkylation sites (N-methyl/N-ethyl adjacent to an activating group) is 1. The molecule has 23 heavy (non-hydrogen) atoms. The molecule has 2 aromatic rings. The van der Waals surface area contributed by atoms with Crippen molar-refractivity contribution in [1.82, 2.24) is 5.32 Å². The molecular weight excluding hydrogens is 319 g/mol. The number of carbonyl (C=O) groups is 1. The second kappa shape index (κ2) is 7.06. The van der Waals surface area contributed by atoms with Crippen LogP contribution < -0.4 is 10.0 Å². The fourth-order valence-electron chi connectivity index (χ4n) is 1.76. The van der Waals surface area contributed by atoms with Gasteiger partial charge in [-0.05, 0) is 35.9 Å². The van der Waals surface area contributed by atoms with E-state index in [1.165, 1.54) is 49.5 Å². The standard InChI is InChI=1S/C16H15FN2O3S/c1-18-16(20)11-8-12-6-9-13(10-7-12)23(21,22)19-15-5-3-2-4-14(15)17/h2-11,19H,1H3,(H,18,20)/b11-8+. The lowest BCUT2D eigenvalue weighted by atomic mass is 10.2. The summed E-state index contributed by atoms with van der Waals surface area (Å²) in [4.78, 5) is 11.1. The maximum absolute atomic E-state index is 13.5. The summed E-state index contributed by atoms with van der Waals surface area (Å²) in [6.45, 7) is 0. The lowest BCUT2D eigenvalue weighted by molar-refractivity contribution is -0.115. The minimum absolute atomic E-state index is 0.00199. The van der Waals surface area contributed by atoms with Crippen molar-refractivity contribution in [2.24, 2.45) is 0 Å². The van der Waals surface area contributed by atoms with E-state index in [2.05, 4.69) is 10.0 Å². The van der Waals surface area contributed by atoms with Crippen LogP contribution in [0.4, 0.5) is 10.1 Å². The molecule has 0 aromatic heterocycles. The minimum Gasteiger partial charge on any atom is -0.356 e. The second-order valence-electron chi connectivity index (χ2n) is 4.60. The van der Waals surface area contributed by atoms with Crippen LogP contribution in [-0.4, -0.2) is 21.4 Å². The van der Waals surface area contributed by atoms with Crippen LogP contribution in [0.15, 0.2) is 59.5 Å². The number of halogens is 1. The maximum Gasteiger partial charge on any atom is 0.261 e. The van der Waals surface area contributed by atoms with Crippen LogP contribution in [0.3, 0.4) is 0 Å². The van der Waals surface area contributed by atoms with Gasteiger partial charge in [0.05, 0.1) is 10.6 Å². The Bertz CT molecular complexity index is 831. The first kappa shape index (κ1) is 16.7. The number of anilines is 1. The molecule has 1 amide bonds. The maximum atomic E-state index is 13.5. The van der Waals surface area contributed by atoms with E-state index in [9.17, 15) is 17.6 Å². The summed E-state index contributed by atoms with van der Waals surface area (Å²) in [5, 5.41) is 2.44. The Morgan fingerprint density at radius 1 is 1.09 bits per heavy atom. The summed E-state index contributed by atoms with van der Waals surface area (Å²) < 4.78 is 40.2. The molecule has 0 aliphatic carbocycles. The van der Waals surface area contributed by atoms with Crippen molar-refractivity contribution >= 4 is 27.7 Å². The minimum atomic E-state index is -3.88. The monoisotopic (exact) mass is 334 g/mol. The number of rotatable bonds is 5. The lowest BCUT2D eigenvalue weighted by Crippen LogP contribution is -2.14. The first-order valence-electron chi connectivity index (χ1n) is 6.69. The highest BCUT2D eigenvalue weighted by molar-refractivity contribution is 7.92. The normalized spacial score (nSPS) is 11.4. The van der Waals surface area contributed by atoms with Gasteiger partial charge in [-0.2, -0.15) is 0 Å². The Hall–Kier alpha value is -2.67.